The van der Waals surface area contributed by atoms with E-state index in [-0.39, 0.29) is 0 Å². The molecule has 1 atom stereocenters. The summed E-state index contributed by atoms with van der Waals surface area (Å²) in [6.07, 6.45) is 6.13. The largest absolute Gasteiger partial charge is 0.319 e. The van der Waals surface area contributed by atoms with E-state index < -0.39 is 7.14 Å². The Bertz CT molecular complexity index is 795. The van der Waals surface area contributed by atoms with Crippen LogP contribution in [0.1, 0.15) is 6.92 Å². The fourth-order valence-corrected chi connectivity index (χ4v) is 3.28. The number of hydrogen-bond donors (Lipinski definition) is 0. The van der Waals surface area contributed by atoms with Crippen molar-refractivity contribution in [3.8, 4) is 5.69 Å². The van der Waals surface area contributed by atoms with Gasteiger partial charge in [-0.15, -0.1) is 0 Å². The summed E-state index contributed by atoms with van der Waals surface area (Å²) in [5.41, 5.74) is 1.81. The van der Waals surface area contributed by atoms with Crippen LogP contribution in [0.25, 0.3) is 16.6 Å². The summed E-state index contributed by atoms with van der Waals surface area (Å²) in [5, 5.41) is 6.44. The number of nitrogens with zero attached hydrogens (tertiary/aromatic N) is 3. The van der Waals surface area contributed by atoms with Crippen molar-refractivity contribution in [1.82, 2.24) is 14.8 Å². The van der Waals surface area contributed by atoms with Crippen LogP contribution in [0.5, 0.6) is 0 Å². The normalized spacial score (nSPS) is 14.3. The maximum Gasteiger partial charge on any atom is 0.112 e. The fraction of sp³-hybridized carbons (Fsp3) is 0.200. The van der Waals surface area contributed by atoms with E-state index in [1.807, 2.05) is 50.1 Å². The van der Waals surface area contributed by atoms with Crippen LogP contribution in [0.2, 0.25) is 0 Å². The molecule has 20 heavy (non-hydrogen) atoms. The number of hydrogen-bond acceptors (Lipinski definition) is 3. The summed E-state index contributed by atoms with van der Waals surface area (Å²) in [6.45, 7) is 3.80. The second-order valence-corrected chi connectivity index (χ2v) is 8.30. The van der Waals surface area contributed by atoms with Crippen molar-refractivity contribution in [3.63, 3.8) is 0 Å². The molecule has 0 spiro atoms. The Kier molecular flexibility index (Phi) is 3.19. The molecular formula is C15H16N3OP. The molecule has 0 aliphatic heterocycles. The maximum absolute atomic E-state index is 12.5. The molecule has 1 aromatic carbocycles. The van der Waals surface area contributed by atoms with Gasteiger partial charge in [0.1, 0.15) is 7.14 Å². The number of benzene rings is 1. The van der Waals surface area contributed by atoms with E-state index in [4.69, 9.17) is 0 Å². The van der Waals surface area contributed by atoms with Crippen molar-refractivity contribution >= 4 is 23.3 Å². The molecule has 0 saturated heterocycles. The number of aromatic nitrogens is 3. The van der Waals surface area contributed by atoms with Gasteiger partial charge in [0, 0.05) is 29.2 Å². The first kappa shape index (κ1) is 13.1. The Labute approximate surface area is 117 Å². The van der Waals surface area contributed by atoms with Crippen molar-refractivity contribution in [2.45, 2.75) is 6.92 Å². The summed E-state index contributed by atoms with van der Waals surface area (Å²) in [5.74, 6) is 0. The Balaban J connectivity index is 2.11. The minimum absolute atomic E-state index is 0.676. The lowest BCUT2D eigenvalue weighted by molar-refractivity contribution is 0.585. The van der Waals surface area contributed by atoms with Gasteiger partial charge >= 0.3 is 0 Å². The molecule has 3 rings (SSSR count). The highest BCUT2D eigenvalue weighted by Crippen LogP contribution is 2.39. The van der Waals surface area contributed by atoms with Crippen LogP contribution in [0.4, 0.5) is 0 Å². The highest BCUT2D eigenvalue weighted by atomic mass is 31.2. The van der Waals surface area contributed by atoms with Crippen molar-refractivity contribution < 1.29 is 4.57 Å². The van der Waals surface area contributed by atoms with Gasteiger partial charge in [-0.05, 0) is 37.0 Å². The van der Waals surface area contributed by atoms with Crippen LogP contribution in [0.15, 0.2) is 48.9 Å². The van der Waals surface area contributed by atoms with Gasteiger partial charge in [0.15, 0.2) is 0 Å². The van der Waals surface area contributed by atoms with E-state index in [1.54, 1.807) is 17.1 Å². The Morgan fingerprint density at radius 3 is 2.85 bits per heavy atom. The molecule has 0 radical (unpaired) electrons. The Morgan fingerprint density at radius 2 is 2.15 bits per heavy atom. The minimum atomic E-state index is -2.24. The second-order valence-electron chi connectivity index (χ2n) is 4.95. The zero-order valence-corrected chi connectivity index (χ0v) is 12.4. The summed E-state index contributed by atoms with van der Waals surface area (Å²) < 4.78 is 14.3. The Hall–Kier alpha value is -1.93. The van der Waals surface area contributed by atoms with Crippen LogP contribution < -0.4 is 5.30 Å². The summed E-state index contributed by atoms with van der Waals surface area (Å²) in [6, 6.07) is 9.68. The summed E-state index contributed by atoms with van der Waals surface area (Å²) in [4.78, 5) is 4.10. The van der Waals surface area contributed by atoms with Gasteiger partial charge in [-0.3, -0.25) is 4.98 Å². The molecule has 2 aromatic heterocycles. The zero-order valence-electron chi connectivity index (χ0n) is 11.5. The lowest BCUT2D eigenvalue weighted by atomic mass is 10.3. The molecule has 0 N–H and O–H groups in total. The van der Waals surface area contributed by atoms with Crippen molar-refractivity contribution in [2.75, 3.05) is 12.8 Å². The smallest absolute Gasteiger partial charge is 0.112 e. The first-order valence-electron chi connectivity index (χ1n) is 6.57. The molecular weight excluding hydrogens is 269 g/mol. The van der Waals surface area contributed by atoms with Gasteiger partial charge in [-0.2, -0.15) is 5.10 Å². The van der Waals surface area contributed by atoms with Crippen molar-refractivity contribution in [1.29, 1.82) is 0 Å². The third-order valence-corrected chi connectivity index (χ3v) is 6.13. The van der Waals surface area contributed by atoms with E-state index in [9.17, 15) is 4.57 Å². The predicted octanol–water partition coefficient (Wildman–Crippen LogP) is 3.06. The first-order valence-corrected chi connectivity index (χ1v) is 8.91. The Morgan fingerprint density at radius 1 is 1.30 bits per heavy atom. The van der Waals surface area contributed by atoms with Crippen molar-refractivity contribution in [2.24, 2.45) is 0 Å². The molecule has 0 amide bonds. The van der Waals surface area contributed by atoms with Crippen LogP contribution in [-0.2, 0) is 4.57 Å². The summed E-state index contributed by atoms with van der Waals surface area (Å²) in [7, 11) is -2.24. The average Bonchev–Trinajstić information content (AvgIpc) is 2.91. The topological polar surface area (TPSA) is 47.8 Å². The maximum atomic E-state index is 12.5. The molecule has 0 bridgehead atoms. The average molecular weight is 285 g/mol. The molecule has 4 nitrogen and oxygen atoms in total. The van der Waals surface area contributed by atoms with Gasteiger partial charge in [0.25, 0.3) is 0 Å². The van der Waals surface area contributed by atoms with Gasteiger partial charge in [-0.25, -0.2) is 4.68 Å². The van der Waals surface area contributed by atoms with Gasteiger partial charge in [-0.1, -0.05) is 6.92 Å². The molecule has 2 heterocycles. The van der Waals surface area contributed by atoms with Crippen LogP contribution in [0.3, 0.4) is 0 Å². The van der Waals surface area contributed by atoms with Gasteiger partial charge < -0.3 is 4.57 Å². The molecule has 0 aliphatic rings. The van der Waals surface area contributed by atoms with E-state index in [2.05, 4.69) is 10.1 Å². The summed E-state index contributed by atoms with van der Waals surface area (Å²) >= 11 is 0. The number of rotatable bonds is 3. The molecule has 5 heteroatoms. The van der Waals surface area contributed by atoms with Crippen molar-refractivity contribution in [3.05, 3.63) is 48.9 Å². The lowest BCUT2D eigenvalue weighted by Gasteiger charge is -2.09. The molecule has 0 saturated carbocycles. The molecule has 0 fully saturated rings. The number of fused-ring (bicyclic) bond motifs is 1. The van der Waals surface area contributed by atoms with E-state index in [1.165, 1.54) is 0 Å². The molecule has 1 unspecified atom stereocenters. The molecule has 102 valence electrons. The quantitative estimate of drug-likeness (QED) is 0.695. The molecule has 3 aromatic rings. The highest BCUT2D eigenvalue weighted by Gasteiger charge is 2.16. The molecule has 0 aliphatic carbocycles. The highest BCUT2D eigenvalue weighted by molar-refractivity contribution is 7.70. The van der Waals surface area contributed by atoms with E-state index >= 15 is 0 Å². The second kappa shape index (κ2) is 4.88. The van der Waals surface area contributed by atoms with E-state index in [0.717, 1.165) is 21.9 Å². The predicted molar refractivity (Wildman–Crippen MR) is 82.6 cm³/mol. The number of pyridine rings is 1. The van der Waals surface area contributed by atoms with Crippen LogP contribution in [0, 0.1) is 0 Å². The first-order chi connectivity index (χ1) is 9.60. The monoisotopic (exact) mass is 285 g/mol. The third-order valence-electron chi connectivity index (χ3n) is 3.55. The standard InChI is InChI=1S/C15H16N3OP/c1-3-20(2,19)14-6-7-15-12(9-14)11-18(17-15)13-5-4-8-16-10-13/h4-11H,3H2,1-2H3. The van der Waals surface area contributed by atoms with Gasteiger partial charge in [0.2, 0.25) is 0 Å². The fourth-order valence-electron chi connectivity index (χ4n) is 2.11. The van der Waals surface area contributed by atoms with E-state index in [0.29, 0.717) is 6.16 Å². The van der Waals surface area contributed by atoms with Crippen LogP contribution >= 0.6 is 7.14 Å². The minimum Gasteiger partial charge on any atom is -0.319 e. The van der Waals surface area contributed by atoms with Crippen LogP contribution in [-0.4, -0.2) is 27.6 Å². The zero-order chi connectivity index (χ0) is 14.2. The van der Waals surface area contributed by atoms with Gasteiger partial charge in [0.05, 0.1) is 17.4 Å². The lowest BCUT2D eigenvalue weighted by Crippen LogP contribution is -2.04. The SMILES string of the molecule is CCP(C)(=O)c1ccc2nn(-c3cccnc3)cc2c1. The third kappa shape index (κ3) is 2.27.